The van der Waals surface area contributed by atoms with Gasteiger partial charge in [-0.05, 0) is 30.9 Å². The Balaban J connectivity index is 1.96. The first kappa shape index (κ1) is 19.8. The van der Waals surface area contributed by atoms with Gasteiger partial charge in [0.25, 0.3) is 0 Å². The fourth-order valence-corrected chi connectivity index (χ4v) is 2.60. The van der Waals surface area contributed by atoms with Crippen LogP contribution in [-0.2, 0) is 11.0 Å². The van der Waals surface area contributed by atoms with Gasteiger partial charge in [0.05, 0.1) is 5.56 Å². The lowest BCUT2D eigenvalue weighted by molar-refractivity contribution is -0.186. The molecule has 1 aromatic heterocycles. The largest absolute Gasteiger partial charge is 0.471 e. The van der Waals surface area contributed by atoms with E-state index < -0.39 is 24.0 Å². The van der Waals surface area contributed by atoms with Crippen LogP contribution in [0.2, 0.25) is 0 Å². The predicted octanol–water partition coefficient (Wildman–Crippen LogP) is 3.18. The number of carbonyl (C=O) groups is 1. The standard InChI is InChI=1S/C15H14F6N4O/c16-14(17,18)11-2-1-10(7-22)12(24-11)23-8-9-3-5-25(6-4-9)13(26)15(19,20)21/h1-2,9H,3-6,8H2,(H,23,24). The van der Waals surface area contributed by atoms with Crippen LogP contribution in [0.25, 0.3) is 0 Å². The van der Waals surface area contributed by atoms with Crippen molar-refractivity contribution in [1.82, 2.24) is 9.88 Å². The number of anilines is 1. The fourth-order valence-electron chi connectivity index (χ4n) is 2.60. The molecular weight excluding hydrogens is 366 g/mol. The molecule has 2 rings (SSSR count). The van der Waals surface area contributed by atoms with Gasteiger partial charge in [-0.3, -0.25) is 4.79 Å². The first-order valence-corrected chi connectivity index (χ1v) is 7.60. The molecule has 142 valence electrons. The fraction of sp³-hybridized carbons (Fsp3) is 0.533. The van der Waals surface area contributed by atoms with Crippen LogP contribution >= 0.6 is 0 Å². The molecular formula is C15H14F6N4O. The Hall–Kier alpha value is -2.51. The molecule has 26 heavy (non-hydrogen) atoms. The Morgan fingerprint density at radius 2 is 1.85 bits per heavy atom. The number of amides is 1. The number of piperidine rings is 1. The number of nitrogens with one attached hydrogen (secondary N) is 1. The van der Waals surface area contributed by atoms with E-state index in [4.69, 9.17) is 5.26 Å². The summed E-state index contributed by atoms with van der Waals surface area (Å²) in [5.41, 5.74) is -1.22. The molecule has 0 aliphatic carbocycles. The molecule has 11 heteroatoms. The Morgan fingerprint density at radius 3 is 2.35 bits per heavy atom. The monoisotopic (exact) mass is 380 g/mol. The van der Waals surface area contributed by atoms with Crippen LogP contribution in [0, 0.1) is 17.2 Å². The number of nitriles is 1. The molecule has 0 radical (unpaired) electrons. The maximum absolute atomic E-state index is 12.7. The molecule has 5 nitrogen and oxygen atoms in total. The van der Waals surface area contributed by atoms with Gasteiger partial charge in [0.2, 0.25) is 0 Å². The minimum atomic E-state index is -4.92. The van der Waals surface area contributed by atoms with Crippen molar-refractivity contribution in [2.75, 3.05) is 25.0 Å². The van der Waals surface area contributed by atoms with Crippen molar-refractivity contribution in [3.05, 3.63) is 23.4 Å². The van der Waals surface area contributed by atoms with E-state index in [0.29, 0.717) is 11.0 Å². The van der Waals surface area contributed by atoms with Gasteiger partial charge in [-0.1, -0.05) is 0 Å². The highest BCUT2D eigenvalue weighted by atomic mass is 19.4. The SMILES string of the molecule is N#Cc1ccc(C(F)(F)F)nc1NCC1CCN(C(=O)C(F)(F)F)CC1. The van der Waals surface area contributed by atoms with Gasteiger partial charge in [0.1, 0.15) is 17.6 Å². The van der Waals surface area contributed by atoms with Crippen LogP contribution in [0.3, 0.4) is 0 Å². The average molecular weight is 380 g/mol. The average Bonchev–Trinajstić information content (AvgIpc) is 2.58. The normalized spacial score (nSPS) is 16.3. The Morgan fingerprint density at radius 1 is 1.23 bits per heavy atom. The topological polar surface area (TPSA) is 69.0 Å². The summed E-state index contributed by atoms with van der Waals surface area (Å²) in [6, 6.07) is 3.43. The minimum absolute atomic E-state index is 0.0670. The quantitative estimate of drug-likeness (QED) is 0.818. The summed E-state index contributed by atoms with van der Waals surface area (Å²) in [5, 5.41) is 11.6. The predicted molar refractivity (Wildman–Crippen MR) is 77.8 cm³/mol. The summed E-state index contributed by atoms with van der Waals surface area (Å²) in [6.07, 6.45) is -9.06. The van der Waals surface area contributed by atoms with Gasteiger partial charge < -0.3 is 10.2 Å². The van der Waals surface area contributed by atoms with Crippen molar-refractivity contribution in [2.45, 2.75) is 25.2 Å². The number of nitrogens with zero attached hydrogens (tertiary/aromatic N) is 3. The van der Waals surface area contributed by atoms with Crippen molar-refractivity contribution in [2.24, 2.45) is 5.92 Å². The van der Waals surface area contributed by atoms with Crippen molar-refractivity contribution in [1.29, 1.82) is 5.26 Å². The lowest BCUT2D eigenvalue weighted by Crippen LogP contribution is -2.46. The second-order valence-corrected chi connectivity index (χ2v) is 5.82. The smallest absolute Gasteiger partial charge is 0.369 e. The van der Waals surface area contributed by atoms with E-state index in [1.165, 1.54) is 0 Å². The molecule has 0 aromatic carbocycles. The van der Waals surface area contributed by atoms with Crippen LogP contribution < -0.4 is 5.32 Å². The second-order valence-electron chi connectivity index (χ2n) is 5.82. The van der Waals surface area contributed by atoms with Crippen molar-refractivity contribution < 1.29 is 31.1 Å². The van der Waals surface area contributed by atoms with Crippen LogP contribution in [0.4, 0.5) is 32.2 Å². The van der Waals surface area contributed by atoms with Crippen LogP contribution in [-0.4, -0.2) is 41.6 Å². The number of halogens is 6. The highest BCUT2D eigenvalue weighted by molar-refractivity contribution is 5.81. The van der Waals surface area contributed by atoms with E-state index in [-0.39, 0.29) is 49.8 Å². The third-order valence-corrected chi connectivity index (χ3v) is 4.01. The molecule has 1 aromatic rings. The molecule has 1 aliphatic heterocycles. The van der Waals surface area contributed by atoms with E-state index in [0.717, 1.165) is 6.07 Å². The van der Waals surface area contributed by atoms with Gasteiger partial charge in [0.15, 0.2) is 0 Å². The van der Waals surface area contributed by atoms with Crippen molar-refractivity contribution in [3.63, 3.8) is 0 Å². The summed E-state index contributed by atoms with van der Waals surface area (Å²) >= 11 is 0. The number of aromatic nitrogens is 1. The molecule has 0 bridgehead atoms. The Labute approximate surface area is 144 Å². The van der Waals surface area contributed by atoms with Gasteiger partial charge in [-0.15, -0.1) is 0 Å². The molecule has 1 N–H and O–H groups in total. The maximum atomic E-state index is 12.7. The van der Waals surface area contributed by atoms with Gasteiger partial charge in [-0.25, -0.2) is 4.98 Å². The first-order valence-electron chi connectivity index (χ1n) is 7.60. The van der Waals surface area contributed by atoms with Crippen molar-refractivity contribution in [3.8, 4) is 6.07 Å². The number of rotatable bonds is 3. The third-order valence-electron chi connectivity index (χ3n) is 4.01. The molecule has 1 fully saturated rings. The summed E-state index contributed by atoms with van der Waals surface area (Å²) in [5.74, 6) is -2.28. The summed E-state index contributed by atoms with van der Waals surface area (Å²) in [7, 11) is 0. The first-order chi connectivity index (χ1) is 12.0. The summed E-state index contributed by atoms with van der Waals surface area (Å²) < 4.78 is 75.3. The molecule has 0 unspecified atom stereocenters. The zero-order valence-electron chi connectivity index (χ0n) is 13.3. The number of carbonyl (C=O) groups excluding carboxylic acids is 1. The Kier molecular flexibility index (Phi) is 5.63. The lowest BCUT2D eigenvalue weighted by Gasteiger charge is -2.32. The molecule has 0 spiro atoms. The minimum Gasteiger partial charge on any atom is -0.369 e. The van der Waals surface area contributed by atoms with E-state index in [1.54, 1.807) is 6.07 Å². The zero-order chi connectivity index (χ0) is 19.5. The number of hydrogen-bond donors (Lipinski definition) is 1. The number of hydrogen-bond acceptors (Lipinski definition) is 4. The highest BCUT2D eigenvalue weighted by Gasteiger charge is 2.43. The maximum Gasteiger partial charge on any atom is 0.471 e. The molecule has 0 atom stereocenters. The van der Waals surface area contributed by atoms with E-state index in [2.05, 4.69) is 10.3 Å². The van der Waals surface area contributed by atoms with E-state index in [9.17, 15) is 31.1 Å². The van der Waals surface area contributed by atoms with Crippen molar-refractivity contribution >= 4 is 11.7 Å². The number of pyridine rings is 1. The third kappa shape index (κ3) is 4.77. The molecule has 2 heterocycles. The molecule has 1 aliphatic rings. The summed E-state index contributed by atoms with van der Waals surface area (Å²) in [6.45, 7) is -0.0470. The summed E-state index contributed by atoms with van der Waals surface area (Å²) in [4.78, 5) is 15.3. The highest BCUT2D eigenvalue weighted by Crippen LogP contribution is 2.30. The lowest BCUT2D eigenvalue weighted by atomic mass is 9.96. The van der Waals surface area contributed by atoms with Crippen LogP contribution in [0.1, 0.15) is 24.1 Å². The van der Waals surface area contributed by atoms with Gasteiger partial charge in [0, 0.05) is 19.6 Å². The molecule has 0 saturated carbocycles. The van der Waals surface area contributed by atoms with E-state index in [1.807, 2.05) is 0 Å². The molecule has 1 saturated heterocycles. The Bertz CT molecular complexity index is 702. The van der Waals surface area contributed by atoms with Gasteiger partial charge >= 0.3 is 18.3 Å². The van der Waals surface area contributed by atoms with Gasteiger partial charge in [-0.2, -0.15) is 31.6 Å². The number of likely N-dealkylation sites (tertiary alicyclic amines) is 1. The van der Waals surface area contributed by atoms with Crippen LogP contribution in [0.5, 0.6) is 0 Å². The van der Waals surface area contributed by atoms with E-state index >= 15 is 0 Å². The molecule has 1 amide bonds. The van der Waals surface area contributed by atoms with Crippen LogP contribution in [0.15, 0.2) is 12.1 Å². The zero-order valence-corrected chi connectivity index (χ0v) is 13.3. The number of alkyl halides is 6. The second kappa shape index (κ2) is 7.39.